The zero-order valence-electron chi connectivity index (χ0n) is 16.4. The van der Waals surface area contributed by atoms with Crippen molar-refractivity contribution in [1.82, 2.24) is 10.2 Å². The van der Waals surface area contributed by atoms with E-state index in [9.17, 15) is 4.79 Å². The standard InChI is InChI=1S/C22H29N3O2/c1-16-11-20(27-15-19-7-5-4-6-8-19)12-17(2)22(16)24-21(26)14-25-10-9-23-13-18(25)3/h4-8,11-12,18,23H,9-10,13-15H2,1-3H3,(H,24,26). The number of nitrogens with zero attached hydrogens (tertiary/aromatic N) is 1. The van der Waals surface area contributed by atoms with Gasteiger partial charge in [-0.3, -0.25) is 9.69 Å². The van der Waals surface area contributed by atoms with Gasteiger partial charge in [-0.15, -0.1) is 0 Å². The number of hydrogen-bond donors (Lipinski definition) is 2. The quantitative estimate of drug-likeness (QED) is 0.824. The molecule has 1 unspecified atom stereocenters. The Hall–Kier alpha value is -2.37. The van der Waals surface area contributed by atoms with Gasteiger partial charge in [0.25, 0.3) is 0 Å². The first-order valence-electron chi connectivity index (χ1n) is 9.55. The van der Waals surface area contributed by atoms with Gasteiger partial charge in [0.05, 0.1) is 6.54 Å². The first-order valence-corrected chi connectivity index (χ1v) is 9.55. The Morgan fingerprint density at radius 1 is 1.22 bits per heavy atom. The molecule has 2 aromatic carbocycles. The van der Waals surface area contributed by atoms with Crippen LogP contribution in [0.4, 0.5) is 5.69 Å². The van der Waals surface area contributed by atoms with E-state index in [1.54, 1.807) is 0 Å². The molecule has 0 radical (unpaired) electrons. The van der Waals surface area contributed by atoms with Crippen LogP contribution in [0.2, 0.25) is 0 Å². The smallest absolute Gasteiger partial charge is 0.238 e. The summed E-state index contributed by atoms with van der Waals surface area (Å²) in [6.07, 6.45) is 0. The van der Waals surface area contributed by atoms with E-state index < -0.39 is 0 Å². The Labute approximate surface area is 161 Å². The largest absolute Gasteiger partial charge is 0.489 e. The number of ether oxygens (including phenoxy) is 1. The molecule has 1 saturated heterocycles. The van der Waals surface area contributed by atoms with Crippen LogP contribution in [0.1, 0.15) is 23.6 Å². The average Bonchev–Trinajstić information content (AvgIpc) is 2.66. The molecule has 2 N–H and O–H groups in total. The van der Waals surface area contributed by atoms with E-state index in [0.717, 1.165) is 47.8 Å². The number of benzene rings is 2. The van der Waals surface area contributed by atoms with Crippen LogP contribution in [-0.2, 0) is 11.4 Å². The molecule has 5 nitrogen and oxygen atoms in total. The number of rotatable bonds is 6. The lowest BCUT2D eigenvalue weighted by Gasteiger charge is -2.33. The number of hydrogen-bond acceptors (Lipinski definition) is 4. The van der Waals surface area contributed by atoms with Crippen molar-refractivity contribution in [2.24, 2.45) is 0 Å². The Morgan fingerprint density at radius 3 is 2.59 bits per heavy atom. The summed E-state index contributed by atoms with van der Waals surface area (Å²) in [5.74, 6) is 0.857. The number of anilines is 1. The maximum atomic E-state index is 12.5. The number of piperazine rings is 1. The monoisotopic (exact) mass is 367 g/mol. The zero-order valence-corrected chi connectivity index (χ0v) is 16.4. The van der Waals surface area contributed by atoms with Crippen molar-refractivity contribution in [1.29, 1.82) is 0 Å². The summed E-state index contributed by atoms with van der Waals surface area (Å²) in [7, 11) is 0. The SMILES string of the molecule is Cc1cc(OCc2ccccc2)cc(C)c1NC(=O)CN1CCNCC1C. The molecule has 5 heteroatoms. The van der Waals surface area contributed by atoms with Crippen molar-refractivity contribution in [3.05, 3.63) is 59.2 Å². The van der Waals surface area contributed by atoms with Gasteiger partial charge in [0.1, 0.15) is 12.4 Å². The predicted octanol–water partition coefficient (Wildman–Crippen LogP) is 3.11. The fourth-order valence-electron chi connectivity index (χ4n) is 3.43. The highest BCUT2D eigenvalue weighted by atomic mass is 16.5. The summed E-state index contributed by atoms with van der Waals surface area (Å²) in [6, 6.07) is 14.5. The van der Waals surface area contributed by atoms with Crippen LogP contribution in [0, 0.1) is 13.8 Å². The van der Waals surface area contributed by atoms with Crippen molar-refractivity contribution in [3.8, 4) is 5.75 Å². The van der Waals surface area contributed by atoms with Crippen LogP contribution in [0.15, 0.2) is 42.5 Å². The summed E-state index contributed by atoms with van der Waals surface area (Å²) in [6.45, 7) is 9.88. The highest BCUT2D eigenvalue weighted by Crippen LogP contribution is 2.27. The minimum absolute atomic E-state index is 0.0351. The molecular formula is C22H29N3O2. The number of carbonyl (C=O) groups is 1. The van der Waals surface area contributed by atoms with Crippen molar-refractivity contribution >= 4 is 11.6 Å². The zero-order chi connectivity index (χ0) is 19.2. The summed E-state index contributed by atoms with van der Waals surface area (Å²) in [5.41, 5.74) is 4.05. The Kier molecular flexibility index (Phi) is 6.48. The van der Waals surface area contributed by atoms with Crippen molar-refractivity contribution in [2.75, 3.05) is 31.5 Å². The van der Waals surface area contributed by atoms with Crippen LogP contribution in [-0.4, -0.2) is 43.0 Å². The number of nitrogens with one attached hydrogen (secondary N) is 2. The van der Waals surface area contributed by atoms with Crippen LogP contribution in [0.5, 0.6) is 5.75 Å². The van der Waals surface area contributed by atoms with E-state index in [1.807, 2.05) is 56.3 Å². The fourth-order valence-corrected chi connectivity index (χ4v) is 3.43. The summed E-state index contributed by atoms with van der Waals surface area (Å²) >= 11 is 0. The first-order chi connectivity index (χ1) is 13.0. The molecule has 0 bridgehead atoms. The molecular weight excluding hydrogens is 338 g/mol. The Morgan fingerprint density at radius 2 is 1.93 bits per heavy atom. The van der Waals surface area contributed by atoms with Gasteiger partial charge in [0, 0.05) is 31.4 Å². The Balaban J connectivity index is 1.61. The van der Waals surface area contributed by atoms with Gasteiger partial charge in [-0.25, -0.2) is 0 Å². The van der Waals surface area contributed by atoms with Crippen LogP contribution >= 0.6 is 0 Å². The minimum Gasteiger partial charge on any atom is -0.489 e. The van der Waals surface area contributed by atoms with Gasteiger partial charge < -0.3 is 15.4 Å². The summed E-state index contributed by atoms with van der Waals surface area (Å²) in [4.78, 5) is 14.7. The normalized spacial score (nSPS) is 17.5. The number of aryl methyl sites for hydroxylation is 2. The molecule has 1 heterocycles. The van der Waals surface area contributed by atoms with E-state index in [1.165, 1.54) is 0 Å². The molecule has 0 spiro atoms. The molecule has 1 aliphatic heterocycles. The lowest BCUT2D eigenvalue weighted by Crippen LogP contribution is -2.52. The van der Waals surface area contributed by atoms with Gasteiger partial charge in [-0.1, -0.05) is 30.3 Å². The van der Waals surface area contributed by atoms with Crippen molar-refractivity contribution in [3.63, 3.8) is 0 Å². The lowest BCUT2D eigenvalue weighted by atomic mass is 10.1. The van der Waals surface area contributed by atoms with Crippen molar-refractivity contribution < 1.29 is 9.53 Å². The second-order valence-corrected chi connectivity index (χ2v) is 7.28. The average molecular weight is 367 g/mol. The van der Waals surface area contributed by atoms with E-state index in [4.69, 9.17) is 4.74 Å². The van der Waals surface area contributed by atoms with Gasteiger partial charge in [-0.05, 0) is 49.6 Å². The van der Waals surface area contributed by atoms with E-state index >= 15 is 0 Å². The highest BCUT2D eigenvalue weighted by molar-refractivity contribution is 5.94. The third kappa shape index (κ3) is 5.31. The molecule has 1 atom stereocenters. The maximum absolute atomic E-state index is 12.5. The van der Waals surface area contributed by atoms with Crippen molar-refractivity contribution in [2.45, 2.75) is 33.4 Å². The maximum Gasteiger partial charge on any atom is 0.238 e. The summed E-state index contributed by atoms with van der Waals surface area (Å²) < 4.78 is 5.92. The Bertz CT molecular complexity index is 753. The number of amides is 1. The first kappa shape index (κ1) is 19.4. The third-order valence-corrected chi connectivity index (χ3v) is 5.00. The molecule has 27 heavy (non-hydrogen) atoms. The fraction of sp³-hybridized carbons (Fsp3) is 0.409. The molecule has 1 fully saturated rings. The highest BCUT2D eigenvalue weighted by Gasteiger charge is 2.20. The van der Waals surface area contributed by atoms with Crippen LogP contribution in [0.3, 0.4) is 0 Å². The topological polar surface area (TPSA) is 53.6 Å². The molecule has 2 aromatic rings. The molecule has 0 aromatic heterocycles. The van der Waals surface area contributed by atoms with Crippen LogP contribution < -0.4 is 15.4 Å². The molecule has 144 valence electrons. The molecule has 1 amide bonds. The third-order valence-electron chi connectivity index (χ3n) is 5.00. The molecule has 1 aliphatic rings. The van der Waals surface area contributed by atoms with E-state index in [2.05, 4.69) is 22.5 Å². The lowest BCUT2D eigenvalue weighted by molar-refractivity contribution is -0.118. The predicted molar refractivity (Wildman–Crippen MR) is 109 cm³/mol. The molecule has 0 aliphatic carbocycles. The van der Waals surface area contributed by atoms with Gasteiger partial charge in [-0.2, -0.15) is 0 Å². The van der Waals surface area contributed by atoms with E-state index in [0.29, 0.717) is 19.2 Å². The molecule has 0 saturated carbocycles. The molecule has 3 rings (SSSR count). The minimum atomic E-state index is 0.0351. The van der Waals surface area contributed by atoms with E-state index in [-0.39, 0.29) is 5.91 Å². The van der Waals surface area contributed by atoms with Crippen LogP contribution in [0.25, 0.3) is 0 Å². The van der Waals surface area contributed by atoms with Gasteiger partial charge in [0.15, 0.2) is 0 Å². The number of carbonyl (C=O) groups excluding carboxylic acids is 1. The second-order valence-electron chi connectivity index (χ2n) is 7.28. The van der Waals surface area contributed by atoms with Gasteiger partial charge in [0.2, 0.25) is 5.91 Å². The second kappa shape index (κ2) is 9.02. The summed E-state index contributed by atoms with van der Waals surface area (Å²) in [5, 5.41) is 6.44. The van der Waals surface area contributed by atoms with Gasteiger partial charge >= 0.3 is 0 Å².